The van der Waals surface area contributed by atoms with Gasteiger partial charge in [-0.2, -0.15) is 0 Å². The van der Waals surface area contributed by atoms with Crippen LogP contribution in [0.25, 0.3) is 0 Å². The van der Waals surface area contributed by atoms with E-state index in [0.29, 0.717) is 17.5 Å². The van der Waals surface area contributed by atoms with E-state index in [9.17, 15) is 19.1 Å². The molecule has 2 rings (SSSR count). The van der Waals surface area contributed by atoms with E-state index in [1.54, 1.807) is 20.8 Å². The summed E-state index contributed by atoms with van der Waals surface area (Å²) in [6, 6.07) is 1.83. The van der Waals surface area contributed by atoms with E-state index in [1.165, 1.54) is 6.07 Å². The smallest absolute Gasteiger partial charge is 0.408 e. The van der Waals surface area contributed by atoms with E-state index < -0.39 is 29.5 Å². The fraction of sp³-hybridized carbons (Fsp3) is 0.500. The summed E-state index contributed by atoms with van der Waals surface area (Å²) in [6.45, 7) is 7.02. The Morgan fingerprint density at radius 1 is 1.32 bits per heavy atom. The maximum absolute atomic E-state index is 14.0. The number of fused-ring (bicyclic) bond motifs is 1. The van der Waals surface area contributed by atoms with Crippen LogP contribution in [0.15, 0.2) is 12.1 Å². The molecule has 1 aromatic carbocycles. The maximum Gasteiger partial charge on any atom is 0.408 e. The summed E-state index contributed by atoms with van der Waals surface area (Å²) < 4.78 is 19.2. The molecule has 0 fully saturated rings. The second kappa shape index (κ2) is 5.59. The quantitative estimate of drug-likeness (QED) is 0.875. The highest BCUT2D eigenvalue weighted by Gasteiger charge is 2.36. The number of amides is 1. The molecule has 0 saturated carbocycles. The lowest BCUT2D eigenvalue weighted by Gasteiger charge is -2.22. The second-order valence-electron chi connectivity index (χ2n) is 6.56. The van der Waals surface area contributed by atoms with Crippen LogP contribution in [0.3, 0.4) is 0 Å². The molecule has 0 unspecified atom stereocenters. The third kappa shape index (κ3) is 3.21. The number of carbonyl (C=O) groups excluding carboxylic acids is 1. The van der Waals surface area contributed by atoms with Crippen molar-refractivity contribution in [3.63, 3.8) is 0 Å². The van der Waals surface area contributed by atoms with Crippen LogP contribution in [0.1, 0.15) is 67.6 Å². The standard InChI is InChI=1S/C16H20FNO4/c1-8-7-11(18-15(21)22-16(2,3)4)13-9(14(19)20)5-6-10(17)12(8)13/h5-6,8,11H,7H2,1-4H3,(H,18,21)(H,19,20)/t8-,11-/m1/s1. The minimum atomic E-state index is -1.14. The van der Waals surface area contributed by atoms with Gasteiger partial charge < -0.3 is 15.2 Å². The molecule has 2 N–H and O–H groups in total. The molecule has 120 valence electrons. The Balaban J connectivity index is 2.34. The number of carboxylic acids is 1. The molecule has 1 amide bonds. The minimum absolute atomic E-state index is 0.0156. The van der Waals surface area contributed by atoms with Crippen LogP contribution in [0.2, 0.25) is 0 Å². The third-order valence-electron chi connectivity index (χ3n) is 3.59. The van der Waals surface area contributed by atoms with Gasteiger partial charge in [0.2, 0.25) is 0 Å². The van der Waals surface area contributed by atoms with Crippen LogP contribution in [0, 0.1) is 5.82 Å². The van der Waals surface area contributed by atoms with Gasteiger partial charge in [-0.3, -0.25) is 0 Å². The first-order chi connectivity index (χ1) is 10.1. The molecule has 2 atom stereocenters. The van der Waals surface area contributed by atoms with Gasteiger partial charge in [-0.05, 0) is 56.4 Å². The SMILES string of the molecule is C[C@@H]1C[C@@H](NC(=O)OC(C)(C)C)c2c(C(=O)O)ccc(F)c21. The van der Waals surface area contributed by atoms with Gasteiger partial charge in [0, 0.05) is 0 Å². The Bertz CT molecular complexity index is 621. The average molecular weight is 309 g/mol. The van der Waals surface area contributed by atoms with Crippen molar-refractivity contribution in [2.75, 3.05) is 0 Å². The number of nitrogens with one attached hydrogen (secondary N) is 1. The van der Waals surface area contributed by atoms with Crippen molar-refractivity contribution >= 4 is 12.1 Å². The molecular weight excluding hydrogens is 289 g/mol. The lowest BCUT2D eigenvalue weighted by atomic mass is 9.98. The summed E-state index contributed by atoms with van der Waals surface area (Å²) in [7, 11) is 0. The molecule has 0 radical (unpaired) electrons. The summed E-state index contributed by atoms with van der Waals surface area (Å²) in [5.41, 5.74) is 0.0583. The summed E-state index contributed by atoms with van der Waals surface area (Å²) in [4.78, 5) is 23.3. The van der Waals surface area contributed by atoms with Gasteiger partial charge in [0.15, 0.2) is 0 Å². The van der Waals surface area contributed by atoms with Crippen LogP contribution in [-0.2, 0) is 4.74 Å². The van der Waals surface area contributed by atoms with E-state index in [0.717, 1.165) is 6.07 Å². The predicted octanol–water partition coefficient (Wildman–Crippen LogP) is 3.60. The maximum atomic E-state index is 14.0. The molecule has 1 aliphatic rings. The molecule has 0 aliphatic heterocycles. The molecule has 0 spiro atoms. The van der Waals surface area contributed by atoms with Gasteiger partial charge in [-0.15, -0.1) is 0 Å². The van der Waals surface area contributed by atoms with Crippen LogP contribution in [-0.4, -0.2) is 22.8 Å². The van der Waals surface area contributed by atoms with E-state index >= 15 is 0 Å². The van der Waals surface area contributed by atoms with Crippen molar-refractivity contribution in [1.82, 2.24) is 5.32 Å². The van der Waals surface area contributed by atoms with Crippen LogP contribution in [0.5, 0.6) is 0 Å². The highest BCUT2D eigenvalue weighted by molar-refractivity contribution is 5.90. The van der Waals surface area contributed by atoms with Crippen molar-refractivity contribution in [3.8, 4) is 0 Å². The molecule has 0 bridgehead atoms. The zero-order valence-corrected chi connectivity index (χ0v) is 13.1. The Morgan fingerprint density at radius 3 is 2.50 bits per heavy atom. The van der Waals surface area contributed by atoms with Gasteiger partial charge >= 0.3 is 12.1 Å². The Labute approximate surface area is 128 Å². The van der Waals surface area contributed by atoms with Crippen molar-refractivity contribution < 1.29 is 23.8 Å². The van der Waals surface area contributed by atoms with Gasteiger partial charge in [-0.1, -0.05) is 6.92 Å². The molecular formula is C16H20FNO4. The number of hydrogen-bond acceptors (Lipinski definition) is 3. The number of ether oxygens (including phenoxy) is 1. The van der Waals surface area contributed by atoms with Crippen molar-refractivity contribution in [2.45, 2.75) is 51.7 Å². The van der Waals surface area contributed by atoms with Gasteiger partial charge in [0.05, 0.1) is 11.6 Å². The molecule has 1 aromatic rings. The van der Waals surface area contributed by atoms with Crippen LogP contribution >= 0.6 is 0 Å². The number of benzene rings is 1. The first-order valence-corrected chi connectivity index (χ1v) is 7.15. The zero-order chi connectivity index (χ0) is 16.7. The van der Waals surface area contributed by atoms with Crippen LogP contribution in [0.4, 0.5) is 9.18 Å². The average Bonchev–Trinajstić information content (AvgIpc) is 2.65. The molecule has 6 heteroatoms. The van der Waals surface area contributed by atoms with Gasteiger partial charge in [0.25, 0.3) is 0 Å². The number of alkyl carbamates (subject to hydrolysis) is 1. The number of halogens is 1. The highest BCUT2D eigenvalue weighted by Crippen LogP contribution is 2.43. The van der Waals surface area contributed by atoms with Crippen molar-refractivity contribution in [2.24, 2.45) is 0 Å². The molecule has 1 aliphatic carbocycles. The topological polar surface area (TPSA) is 75.6 Å². The Morgan fingerprint density at radius 2 is 1.95 bits per heavy atom. The number of carbonyl (C=O) groups is 2. The molecule has 0 saturated heterocycles. The van der Waals surface area contributed by atoms with E-state index in [1.807, 2.05) is 6.92 Å². The minimum Gasteiger partial charge on any atom is -0.478 e. The number of hydrogen-bond donors (Lipinski definition) is 2. The normalized spacial score (nSPS) is 20.4. The van der Waals surface area contributed by atoms with Gasteiger partial charge in [-0.25, -0.2) is 14.0 Å². The first kappa shape index (κ1) is 16.3. The largest absolute Gasteiger partial charge is 0.478 e. The predicted molar refractivity (Wildman–Crippen MR) is 78.5 cm³/mol. The number of rotatable bonds is 2. The lowest BCUT2D eigenvalue weighted by molar-refractivity contribution is 0.0499. The summed E-state index contributed by atoms with van der Waals surface area (Å²) in [5.74, 6) is -1.75. The highest BCUT2D eigenvalue weighted by atomic mass is 19.1. The van der Waals surface area contributed by atoms with Crippen LogP contribution < -0.4 is 5.32 Å². The summed E-state index contributed by atoms with van der Waals surface area (Å²) in [5, 5.41) is 12.0. The van der Waals surface area contributed by atoms with Crippen molar-refractivity contribution in [1.29, 1.82) is 0 Å². The number of carboxylic acid groups (broad SMARTS) is 1. The third-order valence-corrected chi connectivity index (χ3v) is 3.59. The second-order valence-corrected chi connectivity index (χ2v) is 6.56. The molecule has 5 nitrogen and oxygen atoms in total. The Kier molecular flexibility index (Phi) is 4.13. The Hall–Kier alpha value is -2.11. The zero-order valence-electron chi connectivity index (χ0n) is 13.1. The first-order valence-electron chi connectivity index (χ1n) is 7.15. The molecule has 22 heavy (non-hydrogen) atoms. The summed E-state index contributed by atoms with van der Waals surface area (Å²) >= 11 is 0. The fourth-order valence-corrected chi connectivity index (χ4v) is 2.84. The monoisotopic (exact) mass is 309 g/mol. The van der Waals surface area contributed by atoms with E-state index in [4.69, 9.17) is 4.74 Å². The summed E-state index contributed by atoms with van der Waals surface area (Å²) in [6.07, 6.45) is -0.200. The fourth-order valence-electron chi connectivity index (χ4n) is 2.84. The molecule has 0 heterocycles. The van der Waals surface area contributed by atoms with E-state index in [-0.39, 0.29) is 11.5 Å². The lowest BCUT2D eigenvalue weighted by Crippen LogP contribution is -2.34. The molecule has 0 aromatic heterocycles. The van der Waals surface area contributed by atoms with Crippen molar-refractivity contribution in [3.05, 3.63) is 34.6 Å². The van der Waals surface area contributed by atoms with Gasteiger partial charge in [0.1, 0.15) is 11.4 Å². The van der Waals surface area contributed by atoms with E-state index in [2.05, 4.69) is 5.32 Å². The number of aromatic carboxylic acids is 1.